The fourth-order valence-electron chi connectivity index (χ4n) is 2.16. The lowest BCUT2D eigenvalue weighted by molar-refractivity contribution is 0.630. The number of nitrogens with one attached hydrogen (secondary N) is 1. The van der Waals surface area contributed by atoms with Gasteiger partial charge in [0.25, 0.3) is 0 Å². The van der Waals surface area contributed by atoms with Gasteiger partial charge in [0.05, 0.1) is 6.04 Å². The SMILES string of the molecule is Cc1ccc(C(NN)c2cc3ccc(F)cc3s2)cn1. The number of nitrogens with zero attached hydrogens (tertiary/aromatic N) is 1. The molecule has 0 saturated carbocycles. The molecule has 5 heteroatoms. The van der Waals surface area contributed by atoms with Crippen LogP contribution < -0.4 is 11.3 Å². The first kappa shape index (κ1) is 13.2. The highest BCUT2D eigenvalue weighted by Gasteiger charge is 2.16. The Hall–Kier alpha value is -1.82. The summed E-state index contributed by atoms with van der Waals surface area (Å²) in [4.78, 5) is 5.33. The van der Waals surface area contributed by atoms with Crippen LogP contribution in [0.5, 0.6) is 0 Å². The number of benzene rings is 1. The molecule has 0 aliphatic carbocycles. The molecule has 1 atom stereocenters. The van der Waals surface area contributed by atoms with E-state index in [1.807, 2.05) is 31.3 Å². The first-order chi connectivity index (χ1) is 9.67. The third-order valence-electron chi connectivity index (χ3n) is 3.22. The van der Waals surface area contributed by atoms with Crippen LogP contribution >= 0.6 is 11.3 Å². The van der Waals surface area contributed by atoms with Crippen LogP contribution in [0.1, 0.15) is 22.2 Å². The quantitative estimate of drug-likeness (QED) is 0.574. The van der Waals surface area contributed by atoms with Crippen molar-refractivity contribution in [3.8, 4) is 0 Å². The van der Waals surface area contributed by atoms with Crippen LogP contribution in [-0.2, 0) is 0 Å². The van der Waals surface area contributed by atoms with E-state index in [2.05, 4.69) is 10.4 Å². The van der Waals surface area contributed by atoms with Gasteiger partial charge in [0.15, 0.2) is 0 Å². The minimum atomic E-state index is -0.222. The highest BCUT2D eigenvalue weighted by Crippen LogP contribution is 2.33. The number of thiophene rings is 1. The molecule has 20 heavy (non-hydrogen) atoms. The predicted molar refractivity (Wildman–Crippen MR) is 79.9 cm³/mol. The van der Waals surface area contributed by atoms with Gasteiger partial charge in [-0.1, -0.05) is 12.1 Å². The Labute approximate surface area is 120 Å². The molecule has 2 aromatic heterocycles. The van der Waals surface area contributed by atoms with Gasteiger partial charge in [-0.2, -0.15) is 0 Å². The fourth-order valence-corrected chi connectivity index (χ4v) is 3.34. The van der Waals surface area contributed by atoms with Crippen molar-refractivity contribution >= 4 is 21.4 Å². The Morgan fingerprint density at radius 3 is 2.80 bits per heavy atom. The summed E-state index contributed by atoms with van der Waals surface area (Å²) in [7, 11) is 0. The molecule has 3 rings (SSSR count). The van der Waals surface area contributed by atoms with Gasteiger partial charge in [0, 0.05) is 21.5 Å². The normalized spacial score (nSPS) is 12.8. The maximum atomic E-state index is 13.3. The van der Waals surface area contributed by atoms with E-state index < -0.39 is 0 Å². The van der Waals surface area contributed by atoms with E-state index in [0.717, 1.165) is 26.2 Å². The van der Waals surface area contributed by atoms with Gasteiger partial charge in [-0.3, -0.25) is 10.8 Å². The second-order valence-electron chi connectivity index (χ2n) is 4.66. The van der Waals surface area contributed by atoms with Crippen LogP contribution in [-0.4, -0.2) is 4.98 Å². The predicted octanol–water partition coefficient (Wildman–Crippen LogP) is 3.30. The third-order valence-corrected chi connectivity index (χ3v) is 4.38. The lowest BCUT2D eigenvalue weighted by atomic mass is 10.1. The van der Waals surface area contributed by atoms with E-state index in [1.54, 1.807) is 12.1 Å². The first-order valence-corrected chi connectivity index (χ1v) is 7.06. The van der Waals surface area contributed by atoms with Crippen molar-refractivity contribution in [2.24, 2.45) is 5.84 Å². The molecule has 3 N–H and O–H groups in total. The average Bonchev–Trinajstić information content (AvgIpc) is 2.84. The van der Waals surface area contributed by atoms with E-state index >= 15 is 0 Å². The van der Waals surface area contributed by atoms with Gasteiger partial charge in [-0.05, 0) is 42.1 Å². The molecule has 0 amide bonds. The van der Waals surface area contributed by atoms with E-state index in [0.29, 0.717) is 0 Å². The van der Waals surface area contributed by atoms with Crippen molar-refractivity contribution in [3.63, 3.8) is 0 Å². The molecule has 0 bridgehead atoms. The van der Waals surface area contributed by atoms with Crippen molar-refractivity contribution in [3.05, 3.63) is 64.5 Å². The summed E-state index contributed by atoms with van der Waals surface area (Å²) in [6, 6.07) is 10.6. The average molecular weight is 287 g/mol. The van der Waals surface area contributed by atoms with E-state index in [-0.39, 0.29) is 11.9 Å². The molecule has 1 unspecified atom stereocenters. The van der Waals surface area contributed by atoms with Crippen LogP contribution in [0.2, 0.25) is 0 Å². The zero-order chi connectivity index (χ0) is 14.1. The molecule has 0 fully saturated rings. The smallest absolute Gasteiger partial charge is 0.124 e. The maximum absolute atomic E-state index is 13.3. The molecule has 102 valence electrons. The summed E-state index contributed by atoms with van der Waals surface area (Å²) in [5, 5.41) is 1.02. The van der Waals surface area contributed by atoms with Gasteiger partial charge >= 0.3 is 0 Å². The van der Waals surface area contributed by atoms with Gasteiger partial charge in [-0.15, -0.1) is 11.3 Å². The van der Waals surface area contributed by atoms with Crippen LogP contribution in [0.4, 0.5) is 4.39 Å². The lowest BCUT2D eigenvalue weighted by Gasteiger charge is -2.14. The van der Waals surface area contributed by atoms with E-state index in [1.165, 1.54) is 17.4 Å². The Balaban J connectivity index is 2.04. The molecule has 0 aliphatic heterocycles. The largest absolute Gasteiger partial charge is 0.271 e. The van der Waals surface area contributed by atoms with Gasteiger partial charge in [-0.25, -0.2) is 9.82 Å². The van der Waals surface area contributed by atoms with Crippen molar-refractivity contribution < 1.29 is 4.39 Å². The zero-order valence-corrected chi connectivity index (χ0v) is 11.7. The van der Waals surface area contributed by atoms with Crippen LogP contribution in [0.3, 0.4) is 0 Å². The summed E-state index contributed by atoms with van der Waals surface area (Å²) in [6.07, 6.45) is 1.81. The number of aryl methyl sites for hydroxylation is 1. The highest BCUT2D eigenvalue weighted by molar-refractivity contribution is 7.19. The molecule has 1 aromatic carbocycles. The maximum Gasteiger partial charge on any atom is 0.124 e. The van der Waals surface area contributed by atoms with E-state index in [4.69, 9.17) is 5.84 Å². The molecule has 3 nitrogen and oxygen atoms in total. The highest BCUT2D eigenvalue weighted by atomic mass is 32.1. The number of aromatic nitrogens is 1. The number of rotatable bonds is 3. The molecule has 0 radical (unpaired) electrons. The standard InChI is InChI=1S/C15H14FN3S/c1-9-2-3-11(8-18-9)15(19-17)14-6-10-4-5-12(16)7-13(10)20-14/h2-8,15,19H,17H2,1H3. The molecule has 3 aromatic rings. The van der Waals surface area contributed by atoms with Crippen molar-refractivity contribution in [1.29, 1.82) is 0 Å². The summed E-state index contributed by atoms with van der Waals surface area (Å²) in [5.41, 5.74) is 4.76. The van der Waals surface area contributed by atoms with Crippen LogP contribution in [0, 0.1) is 12.7 Å². The molecule has 0 spiro atoms. The molecular weight excluding hydrogens is 273 g/mol. The van der Waals surface area contributed by atoms with E-state index in [9.17, 15) is 4.39 Å². The minimum absolute atomic E-state index is 0.136. The van der Waals surface area contributed by atoms with Crippen molar-refractivity contribution in [2.45, 2.75) is 13.0 Å². The van der Waals surface area contributed by atoms with Crippen LogP contribution in [0.15, 0.2) is 42.6 Å². The Morgan fingerprint density at radius 1 is 1.25 bits per heavy atom. The number of hydrogen-bond acceptors (Lipinski definition) is 4. The number of hydrazine groups is 1. The summed E-state index contributed by atoms with van der Waals surface area (Å²) in [6.45, 7) is 1.94. The van der Waals surface area contributed by atoms with Crippen LogP contribution in [0.25, 0.3) is 10.1 Å². The Kier molecular flexibility index (Phi) is 3.48. The number of hydrogen-bond donors (Lipinski definition) is 2. The second-order valence-corrected chi connectivity index (χ2v) is 5.78. The lowest BCUT2D eigenvalue weighted by Crippen LogP contribution is -2.28. The molecule has 2 heterocycles. The van der Waals surface area contributed by atoms with Gasteiger partial charge in [0.2, 0.25) is 0 Å². The number of pyridine rings is 1. The van der Waals surface area contributed by atoms with Gasteiger partial charge < -0.3 is 0 Å². The Morgan fingerprint density at radius 2 is 2.10 bits per heavy atom. The molecule has 0 aliphatic rings. The Bertz CT molecular complexity index is 736. The minimum Gasteiger partial charge on any atom is -0.271 e. The fraction of sp³-hybridized carbons (Fsp3) is 0.133. The number of halogens is 1. The topological polar surface area (TPSA) is 50.9 Å². The monoisotopic (exact) mass is 287 g/mol. The van der Waals surface area contributed by atoms with Gasteiger partial charge in [0.1, 0.15) is 5.82 Å². The number of fused-ring (bicyclic) bond motifs is 1. The van der Waals surface area contributed by atoms with Crippen molar-refractivity contribution in [2.75, 3.05) is 0 Å². The van der Waals surface area contributed by atoms with Crippen molar-refractivity contribution in [1.82, 2.24) is 10.4 Å². The first-order valence-electron chi connectivity index (χ1n) is 6.25. The molecule has 0 saturated heterocycles. The number of nitrogens with two attached hydrogens (primary N) is 1. The zero-order valence-electron chi connectivity index (χ0n) is 10.9. The summed E-state index contributed by atoms with van der Waals surface area (Å²) in [5.74, 6) is 5.46. The third kappa shape index (κ3) is 2.43. The molecular formula is C15H14FN3S. The summed E-state index contributed by atoms with van der Waals surface area (Å²) < 4.78 is 14.2. The second kappa shape index (κ2) is 5.28. The summed E-state index contributed by atoms with van der Waals surface area (Å²) >= 11 is 1.53.